The number of thiazole rings is 1. The van der Waals surface area contributed by atoms with Crippen molar-refractivity contribution >= 4 is 17.0 Å². The maximum atomic E-state index is 10.1. The van der Waals surface area contributed by atoms with Crippen LogP contribution in [0, 0.1) is 0 Å². The molecule has 4 nitrogen and oxygen atoms in total. The number of aromatic nitrogens is 1. The smallest absolute Gasteiger partial charge is 0.123 e. The van der Waals surface area contributed by atoms with Crippen molar-refractivity contribution in [2.45, 2.75) is 25.4 Å². The molecule has 0 spiro atoms. The van der Waals surface area contributed by atoms with E-state index >= 15 is 0 Å². The van der Waals surface area contributed by atoms with Crippen molar-refractivity contribution < 1.29 is 5.11 Å². The lowest BCUT2D eigenvalue weighted by atomic mass is 10.0. The minimum atomic E-state index is -0.310. The molecule has 116 valence electrons. The van der Waals surface area contributed by atoms with Crippen molar-refractivity contribution in [3.05, 3.63) is 34.8 Å². The summed E-state index contributed by atoms with van der Waals surface area (Å²) in [5, 5.41) is 14.5. The molecule has 2 aliphatic rings. The van der Waals surface area contributed by atoms with Gasteiger partial charge in [0.05, 0.1) is 16.7 Å². The predicted octanol–water partition coefficient (Wildman–Crippen LogP) is 2.59. The summed E-state index contributed by atoms with van der Waals surface area (Å²) < 4.78 is 0. The number of aliphatic hydroxyl groups excluding tert-OH is 1. The molecule has 1 atom stereocenters. The van der Waals surface area contributed by atoms with Gasteiger partial charge >= 0.3 is 0 Å². The lowest BCUT2D eigenvalue weighted by Crippen LogP contribution is -2.43. The van der Waals surface area contributed by atoms with Crippen molar-refractivity contribution in [3.63, 3.8) is 0 Å². The van der Waals surface area contributed by atoms with Gasteiger partial charge in [0.2, 0.25) is 0 Å². The summed E-state index contributed by atoms with van der Waals surface area (Å²) in [6.07, 6.45) is 2.60. The molecule has 2 aromatic rings. The molecule has 0 bridgehead atoms. The Kier molecular flexibility index (Phi) is 3.86. The van der Waals surface area contributed by atoms with Crippen molar-refractivity contribution in [3.8, 4) is 10.6 Å². The second-order valence-corrected chi connectivity index (χ2v) is 7.05. The second-order valence-electron chi connectivity index (χ2n) is 6.02. The van der Waals surface area contributed by atoms with Crippen LogP contribution in [0.2, 0.25) is 0 Å². The fraction of sp³-hybridized carbons (Fsp3) is 0.471. The number of nitrogens with zero attached hydrogens (tertiary/aromatic N) is 2. The van der Waals surface area contributed by atoms with Crippen molar-refractivity contribution in [2.75, 3.05) is 31.1 Å². The maximum absolute atomic E-state index is 10.1. The van der Waals surface area contributed by atoms with Crippen LogP contribution in [-0.2, 0) is 6.42 Å². The van der Waals surface area contributed by atoms with Gasteiger partial charge in [0, 0.05) is 37.4 Å². The highest BCUT2D eigenvalue weighted by Crippen LogP contribution is 2.38. The topological polar surface area (TPSA) is 48.4 Å². The second kappa shape index (κ2) is 5.99. The minimum absolute atomic E-state index is 0.310. The summed E-state index contributed by atoms with van der Waals surface area (Å²) in [5.74, 6) is 0. The van der Waals surface area contributed by atoms with E-state index in [2.05, 4.69) is 34.5 Å². The Morgan fingerprint density at radius 1 is 1.18 bits per heavy atom. The molecule has 1 aromatic heterocycles. The fourth-order valence-electron chi connectivity index (χ4n) is 3.26. The maximum Gasteiger partial charge on any atom is 0.123 e. The molecule has 22 heavy (non-hydrogen) atoms. The standard InChI is InChI=1S/C17H21N3OS/c21-15-3-1-2-14-16(15)22-17(19-14)12-4-6-13(7-5-12)20-10-8-18-9-11-20/h4-7,15,18,21H,1-3,8-11H2. The number of aryl methyl sites for hydroxylation is 1. The van der Waals surface area contributed by atoms with Crippen LogP contribution in [-0.4, -0.2) is 36.3 Å². The monoisotopic (exact) mass is 315 g/mol. The van der Waals surface area contributed by atoms with E-state index in [0.29, 0.717) is 0 Å². The first-order chi connectivity index (χ1) is 10.8. The quantitative estimate of drug-likeness (QED) is 0.894. The van der Waals surface area contributed by atoms with Gasteiger partial charge in [0.25, 0.3) is 0 Å². The number of rotatable bonds is 2. The molecule has 5 heteroatoms. The Morgan fingerprint density at radius 3 is 2.68 bits per heavy atom. The molecule has 1 aliphatic carbocycles. The van der Waals surface area contributed by atoms with Crippen LogP contribution in [0.4, 0.5) is 5.69 Å². The zero-order valence-corrected chi connectivity index (χ0v) is 13.4. The number of fused-ring (bicyclic) bond motifs is 1. The highest BCUT2D eigenvalue weighted by atomic mass is 32.1. The summed E-state index contributed by atoms with van der Waals surface area (Å²) in [6, 6.07) is 8.71. The zero-order valence-electron chi connectivity index (χ0n) is 12.6. The molecular weight excluding hydrogens is 294 g/mol. The van der Waals surface area contributed by atoms with Gasteiger partial charge in [-0.1, -0.05) is 0 Å². The fourth-order valence-corrected chi connectivity index (χ4v) is 4.40. The molecule has 1 aromatic carbocycles. The van der Waals surface area contributed by atoms with Crippen LogP contribution in [0.5, 0.6) is 0 Å². The lowest BCUT2D eigenvalue weighted by Gasteiger charge is -2.29. The van der Waals surface area contributed by atoms with Gasteiger partial charge < -0.3 is 15.3 Å². The van der Waals surface area contributed by atoms with E-state index in [9.17, 15) is 5.11 Å². The van der Waals surface area contributed by atoms with Crippen molar-refractivity contribution in [2.24, 2.45) is 0 Å². The molecule has 0 radical (unpaired) electrons. The van der Waals surface area contributed by atoms with E-state index < -0.39 is 0 Å². The molecule has 0 amide bonds. The molecule has 1 unspecified atom stereocenters. The average Bonchev–Trinajstić information content (AvgIpc) is 3.02. The van der Waals surface area contributed by atoms with Gasteiger partial charge in [-0.15, -0.1) is 11.3 Å². The van der Waals surface area contributed by atoms with E-state index in [1.54, 1.807) is 11.3 Å². The van der Waals surface area contributed by atoms with Crippen molar-refractivity contribution in [1.82, 2.24) is 10.3 Å². The largest absolute Gasteiger partial charge is 0.388 e. The highest BCUT2D eigenvalue weighted by molar-refractivity contribution is 7.15. The predicted molar refractivity (Wildman–Crippen MR) is 90.5 cm³/mol. The number of piperazine rings is 1. The van der Waals surface area contributed by atoms with Crippen LogP contribution in [0.25, 0.3) is 10.6 Å². The van der Waals surface area contributed by atoms with Gasteiger partial charge in [0.15, 0.2) is 0 Å². The van der Waals surface area contributed by atoms with Gasteiger partial charge in [-0.05, 0) is 43.5 Å². The molecule has 1 saturated heterocycles. The first-order valence-electron chi connectivity index (χ1n) is 8.05. The number of aliphatic hydroxyl groups is 1. The van der Waals surface area contributed by atoms with Gasteiger partial charge in [-0.2, -0.15) is 0 Å². The van der Waals surface area contributed by atoms with Crippen LogP contribution in [0.3, 0.4) is 0 Å². The van der Waals surface area contributed by atoms with E-state index in [0.717, 1.165) is 66.6 Å². The van der Waals surface area contributed by atoms with Crippen LogP contribution < -0.4 is 10.2 Å². The molecule has 1 aliphatic heterocycles. The van der Waals surface area contributed by atoms with Crippen molar-refractivity contribution in [1.29, 1.82) is 0 Å². The van der Waals surface area contributed by atoms with E-state index in [1.165, 1.54) is 5.69 Å². The molecule has 0 saturated carbocycles. The Hall–Kier alpha value is -1.43. The molecule has 1 fully saturated rings. The van der Waals surface area contributed by atoms with Crippen LogP contribution in [0.1, 0.15) is 29.5 Å². The van der Waals surface area contributed by atoms with Gasteiger partial charge in [-0.25, -0.2) is 4.98 Å². The number of anilines is 1. The third-order valence-corrected chi connectivity index (χ3v) is 5.77. The van der Waals surface area contributed by atoms with Gasteiger partial charge in [0.1, 0.15) is 5.01 Å². The first kappa shape index (κ1) is 14.2. The lowest BCUT2D eigenvalue weighted by molar-refractivity contribution is 0.160. The Balaban J connectivity index is 1.58. The minimum Gasteiger partial charge on any atom is -0.388 e. The third kappa shape index (κ3) is 2.64. The number of hydrogen-bond acceptors (Lipinski definition) is 5. The molecule has 2 N–H and O–H groups in total. The van der Waals surface area contributed by atoms with E-state index in [1.807, 2.05) is 0 Å². The van der Waals surface area contributed by atoms with E-state index in [-0.39, 0.29) is 6.10 Å². The Bertz CT molecular complexity index is 646. The average molecular weight is 315 g/mol. The first-order valence-corrected chi connectivity index (χ1v) is 8.87. The normalized spacial score (nSPS) is 21.7. The zero-order chi connectivity index (χ0) is 14.9. The molecular formula is C17H21N3OS. The summed E-state index contributed by atoms with van der Waals surface area (Å²) in [4.78, 5) is 8.24. The summed E-state index contributed by atoms with van der Waals surface area (Å²) >= 11 is 1.65. The van der Waals surface area contributed by atoms with Crippen LogP contribution >= 0.6 is 11.3 Å². The summed E-state index contributed by atoms with van der Waals surface area (Å²) in [6.45, 7) is 4.24. The number of nitrogens with one attached hydrogen (secondary N) is 1. The molecule has 2 heterocycles. The summed E-state index contributed by atoms with van der Waals surface area (Å²) in [5.41, 5.74) is 3.54. The SMILES string of the molecule is OC1CCCc2nc(-c3ccc(N4CCNCC4)cc3)sc21. The highest BCUT2D eigenvalue weighted by Gasteiger charge is 2.23. The number of hydrogen-bond donors (Lipinski definition) is 2. The Morgan fingerprint density at radius 2 is 1.95 bits per heavy atom. The Labute approximate surface area is 134 Å². The summed E-state index contributed by atoms with van der Waals surface area (Å²) in [7, 11) is 0. The number of benzene rings is 1. The van der Waals surface area contributed by atoms with E-state index in [4.69, 9.17) is 4.98 Å². The molecule has 4 rings (SSSR count). The third-order valence-electron chi connectivity index (χ3n) is 4.52. The van der Waals surface area contributed by atoms with Gasteiger partial charge in [-0.3, -0.25) is 0 Å². The van der Waals surface area contributed by atoms with Crippen LogP contribution in [0.15, 0.2) is 24.3 Å².